The van der Waals surface area contributed by atoms with E-state index in [9.17, 15) is 24.9 Å². The maximum absolute atomic E-state index is 13.6. The summed E-state index contributed by atoms with van der Waals surface area (Å²) in [5.41, 5.74) is 2.07. The highest BCUT2D eigenvalue weighted by Crippen LogP contribution is 2.47. The molecule has 1 amide bonds. The predicted molar refractivity (Wildman–Crippen MR) is 147 cm³/mol. The van der Waals surface area contributed by atoms with Crippen molar-refractivity contribution in [2.75, 3.05) is 11.5 Å². The average Bonchev–Trinajstić information content (AvgIpc) is 3.11. The van der Waals surface area contributed by atoms with Crippen LogP contribution in [0.15, 0.2) is 60.2 Å². The molecule has 0 radical (unpaired) electrons. The molecule has 1 atom stereocenters. The molecule has 1 unspecified atom stereocenters. The quantitative estimate of drug-likeness (QED) is 0.199. The standard InChI is InChI=1S/C30H30ClNO6/c1-6-38-24-13-17(8-11-23(24)34)26-25(27(35)20-14-18(30(3,4)5)9-7-16(20)2)28(36)29(37)32(26)21-15-19(31)10-12-22(21)33/h7-15,26,33-35H,6H2,1-5H3/b27-25+. The fourth-order valence-electron chi connectivity index (χ4n) is 4.55. The average molecular weight is 536 g/mol. The van der Waals surface area contributed by atoms with Crippen LogP contribution in [0.5, 0.6) is 17.2 Å². The number of phenolic OH excluding ortho intramolecular Hbond substituents is 2. The molecule has 3 N–H and O–H groups in total. The van der Waals surface area contributed by atoms with Crippen LogP contribution in [0.1, 0.15) is 56.0 Å². The van der Waals surface area contributed by atoms with E-state index in [0.29, 0.717) is 16.7 Å². The zero-order valence-corrected chi connectivity index (χ0v) is 22.6. The molecule has 1 fully saturated rings. The van der Waals surface area contributed by atoms with E-state index in [1.165, 1.54) is 36.4 Å². The lowest BCUT2D eigenvalue weighted by Gasteiger charge is -2.27. The van der Waals surface area contributed by atoms with Crippen molar-refractivity contribution >= 4 is 34.7 Å². The maximum atomic E-state index is 13.6. The van der Waals surface area contributed by atoms with E-state index >= 15 is 0 Å². The number of hydrogen-bond donors (Lipinski definition) is 3. The number of ketones is 1. The number of amides is 1. The molecule has 0 bridgehead atoms. The molecular formula is C30H30ClNO6. The van der Waals surface area contributed by atoms with Crippen LogP contribution in [0, 0.1) is 6.92 Å². The van der Waals surface area contributed by atoms with E-state index in [0.717, 1.165) is 10.5 Å². The molecule has 1 saturated heterocycles. The van der Waals surface area contributed by atoms with E-state index in [-0.39, 0.29) is 51.3 Å². The van der Waals surface area contributed by atoms with Gasteiger partial charge in [-0.15, -0.1) is 0 Å². The summed E-state index contributed by atoms with van der Waals surface area (Å²) in [5.74, 6) is -2.44. The number of benzene rings is 3. The van der Waals surface area contributed by atoms with Crippen molar-refractivity contribution in [2.45, 2.75) is 46.1 Å². The van der Waals surface area contributed by atoms with Crippen molar-refractivity contribution in [2.24, 2.45) is 0 Å². The number of rotatable bonds is 5. The zero-order valence-electron chi connectivity index (χ0n) is 21.9. The van der Waals surface area contributed by atoms with Gasteiger partial charge in [0.15, 0.2) is 11.5 Å². The molecule has 0 saturated carbocycles. The lowest BCUT2D eigenvalue weighted by molar-refractivity contribution is -0.132. The van der Waals surface area contributed by atoms with Crippen molar-refractivity contribution in [1.82, 2.24) is 0 Å². The number of Topliss-reactive ketones (excluding diaryl/α,β-unsaturated/α-hetero) is 1. The fraction of sp³-hybridized carbons (Fsp3) is 0.267. The van der Waals surface area contributed by atoms with E-state index in [1.54, 1.807) is 6.92 Å². The summed E-state index contributed by atoms with van der Waals surface area (Å²) < 4.78 is 5.54. The van der Waals surface area contributed by atoms with E-state index in [4.69, 9.17) is 16.3 Å². The highest BCUT2D eigenvalue weighted by atomic mass is 35.5. The maximum Gasteiger partial charge on any atom is 0.300 e. The molecule has 0 aromatic heterocycles. The Labute approximate surface area is 226 Å². The second-order valence-corrected chi connectivity index (χ2v) is 10.7. The van der Waals surface area contributed by atoms with Crippen LogP contribution in [0.25, 0.3) is 5.76 Å². The molecule has 3 aromatic carbocycles. The number of carbonyl (C=O) groups is 2. The number of halogens is 1. The Morgan fingerprint density at radius 1 is 1.00 bits per heavy atom. The molecule has 1 aliphatic rings. The predicted octanol–water partition coefficient (Wildman–Crippen LogP) is 6.38. The van der Waals surface area contributed by atoms with E-state index in [2.05, 4.69) is 0 Å². The normalized spacial score (nSPS) is 17.2. The van der Waals surface area contributed by atoms with Gasteiger partial charge >= 0.3 is 0 Å². The largest absolute Gasteiger partial charge is 0.507 e. The Balaban J connectivity index is 2.03. The van der Waals surface area contributed by atoms with E-state index in [1.807, 2.05) is 45.9 Å². The summed E-state index contributed by atoms with van der Waals surface area (Å²) in [6.45, 7) is 9.94. The van der Waals surface area contributed by atoms with Gasteiger partial charge in [0.05, 0.1) is 23.9 Å². The molecule has 38 heavy (non-hydrogen) atoms. The number of aliphatic hydroxyl groups excluding tert-OH is 1. The van der Waals surface area contributed by atoms with Crippen LogP contribution >= 0.6 is 11.6 Å². The molecular weight excluding hydrogens is 506 g/mol. The second kappa shape index (κ2) is 10.1. The highest BCUT2D eigenvalue weighted by Gasteiger charge is 2.48. The molecule has 3 aromatic rings. The molecule has 0 spiro atoms. The van der Waals surface area contributed by atoms with Crippen molar-refractivity contribution in [3.8, 4) is 17.2 Å². The van der Waals surface area contributed by atoms with Crippen molar-refractivity contribution in [3.63, 3.8) is 0 Å². The van der Waals surface area contributed by atoms with Crippen LogP contribution in [0.3, 0.4) is 0 Å². The third-order valence-corrected chi connectivity index (χ3v) is 6.83. The number of ether oxygens (including phenoxy) is 1. The molecule has 7 nitrogen and oxygen atoms in total. The first-order chi connectivity index (χ1) is 17.8. The number of aryl methyl sites for hydroxylation is 1. The Morgan fingerprint density at radius 3 is 2.34 bits per heavy atom. The molecule has 8 heteroatoms. The van der Waals surface area contributed by atoms with Gasteiger partial charge in [0, 0.05) is 10.6 Å². The lowest BCUT2D eigenvalue weighted by Crippen LogP contribution is -2.29. The topological polar surface area (TPSA) is 107 Å². The van der Waals surface area contributed by atoms with Crippen LogP contribution in [0.4, 0.5) is 5.69 Å². The smallest absolute Gasteiger partial charge is 0.300 e. The van der Waals surface area contributed by atoms with Gasteiger partial charge < -0.3 is 20.1 Å². The SMILES string of the molecule is CCOc1cc(C2/C(=C(\O)c3cc(C(C)(C)C)ccc3C)C(=O)C(=O)N2c2cc(Cl)ccc2O)ccc1O. The summed E-state index contributed by atoms with van der Waals surface area (Å²) in [4.78, 5) is 28.1. The van der Waals surface area contributed by atoms with Crippen molar-refractivity contribution in [3.05, 3.63) is 87.4 Å². The molecule has 198 valence electrons. The van der Waals surface area contributed by atoms with Crippen LogP contribution in [0.2, 0.25) is 5.02 Å². The van der Waals surface area contributed by atoms with Gasteiger partial charge in [0.25, 0.3) is 11.7 Å². The number of carbonyl (C=O) groups excluding carboxylic acids is 2. The first-order valence-electron chi connectivity index (χ1n) is 12.2. The number of anilines is 1. The van der Waals surface area contributed by atoms with Gasteiger partial charge in [-0.2, -0.15) is 0 Å². The minimum atomic E-state index is -1.14. The van der Waals surface area contributed by atoms with Crippen molar-refractivity contribution < 1.29 is 29.6 Å². The Hall–Kier alpha value is -3.97. The number of aromatic hydroxyl groups is 2. The number of nitrogens with zero attached hydrogens (tertiary/aromatic N) is 1. The first kappa shape index (κ1) is 27.1. The Morgan fingerprint density at radius 2 is 1.68 bits per heavy atom. The first-order valence-corrected chi connectivity index (χ1v) is 12.6. The Bertz CT molecular complexity index is 1470. The van der Waals surface area contributed by atoms with Crippen molar-refractivity contribution in [1.29, 1.82) is 0 Å². The molecule has 1 aliphatic heterocycles. The highest BCUT2D eigenvalue weighted by molar-refractivity contribution is 6.52. The summed E-state index contributed by atoms with van der Waals surface area (Å²) in [5, 5.41) is 32.8. The Kier molecular flexibility index (Phi) is 7.17. The van der Waals surface area contributed by atoms with Gasteiger partial charge in [-0.25, -0.2) is 0 Å². The summed E-state index contributed by atoms with van der Waals surface area (Å²) in [6, 6.07) is 13.1. The van der Waals surface area contributed by atoms with Gasteiger partial charge in [0.1, 0.15) is 11.5 Å². The molecule has 4 rings (SSSR count). The third kappa shape index (κ3) is 4.82. The van der Waals surface area contributed by atoms with Gasteiger partial charge in [-0.1, -0.05) is 50.6 Å². The summed E-state index contributed by atoms with van der Waals surface area (Å²) in [6.07, 6.45) is 0. The van der Waals surface area contributed by atoms with Crippen LogP contribution < -0.4 is 9.64 Å². The minimum Gasteiger partial charge on any atom is -0.507 e. The monoisotopic (exact) mass is 535 g/mol. The van der Waals surface area contributed by atoms with Gasteiger partial charge in [-0.3, -0.25) is 14.5 Å². The number of hydrogen-bond acceptors (Lipinski definition) is 6. The summed E-state index contributed by atoms with van der Waals surface area (Å²) >= 11 is 6.19. The minimum absolute atomic E-state index is 0.00912. The molecule has 1 heterocycles. The van der Waals surface area contributed by atoms with Crippen LogP contribution in [-0.4, -0.2) is 33.6 Å². The number of aliphatic hydroxyl groups is 1. The number of phenols is 2. The zero-order chi connectivity index (χ0) is 27.9. The van der Waals surface area contributed by atoms with Gasteiger partial charge in [-0.05, 0) is 72.4 Å². The fourth-order valence-corrected chi connectivity index (χ4v) is 4.71. The third-order valence-electron chi connectivity index (χ3n) is 6.60. The molecule has 0 aliphatic carbocycles. The van der Waals surface area contributed by atoms with Crippen LogP contribution in [-0.2, 0) is 15.0 Å². The lowest BCUT2D eigenvalue weighted by atomic mass is 9.84. The van der Waals surface area contributed by atoms with Gasteiger partial charge in [0.2, 0.25) is 0 Å². The van der Waals surface area contributed by atoms with E-state index < -0.39 is 17.7 Å². The second-order valence-electron chi connectivity index (χ2n) is 10.2. The summed E-state index contributed by atoms with van der Waals surface area (Å²) in [7, 11) is 0.